The summed E-state index contributed by atoms with van der Waals surface area (Å²) in [4.78, 5) is 23.0. The Balaban J connectivity index is 1.33. The monoisotopic (exact) mass is 445 g/mol. The third-order valence-corrected chi connectivity index (χ3v) is 4.40. The molecule has 0 saturated carbocycles. The Bertz CT molecular complexity index is 912. The number of esters is 1. The lowest BCUT2D eigenvalue weighted by Gasteiger charge is -2.13. The van der Waals surface area contributed by atoms with E-state index in [2.05, 4.69) is 11.9 Å². The van der Waals surface area contributed by atoms with Gasteiger partial charge in [-0.25, -0.2) is 9.59 Å². The topological polar surface area (TPSA) is 105 Å². The third kappa shape index (κ3) is 7.84. The summed E-state index contributed by atoms with van der Waals surface area (Å²) in [6.45, 7) is 6.26. The van der Waals surface area contributed by atoms with Crippen LogP contribution in [0.2, 0.25) is 0 Å². The highest BCUT2D eigenvalue weighted by atomic mass is 16.6. The second kappa shape index (κ2) is 12.7. The van der Waals surface area contributed by atoms with E-state index in [0.29, 0.717) is 32.2 Å². The van der Waals surface area contributed by atoms with Crippen molar-refractivity contribution in [3.05, 3.63) is 49.1 Å². The first-order valence-electron chi connectivity index (χ1n) is 10.3. The maximum Gasteiger partial charge on any atom is 0.412 e. The lowest BCUT2D eigenvalue weighted by Crippen LogP contribution is -2.30. The van der Waals surface area contributed by atoms with Crippen LogP contribution in [0.3, 0.4) is 0 Å². The molecule has 9 nitrogen and oxygen atoms in total. The first kappa shape index (κ1) is 23.5. The van der Waals surface area contributed by atoms with Crippen LogP contribution in [-0.4, -0.2) is 71.0 Å². The smallest absolute Gasteiger partial charge is 0.412 e. The number of epoxide rings is 1. The Hall–Kier alpha value is -3.14. The van der Waals surface area contributed by atoms with E-state index in [-0.39, 0.29) is 25.9 Å². The van der Waals surface area contributed by atoms with Crippen LogP contribution in [-0.2, 0) is 23.7 Å². The van der Waals surface area contributed by atoms with Crippen molar-refractivity contribution in [2.45, 2.75) is 6.10 Å². The van der Waals surface area contributed by atoms with Crippen LogP contribution >= 0.6 is 0 Å². The van der Waals surface area contributed by atoms with Crippen LogP contribution in [0.4, 0.5) is 4.79 Å². The van der Waals surface area contributed by atoms with Gasteiger partial charge in [0, 0.05) is 23.4 Å². The first-order valence-corrected chi connectivity index (χ1v) is 10.3. The molecule has 2 aromatic rings. The van der Waals surface area contributed by atoms with Gasteiger partial charge in [-0.1, -0.05) is 30.8 Å². The maximum absolute atomic E-state index is 12.1. The summed E-state index contributed by atoms with van der Waals surface area (Å²) in [5, 5.41) is 4.29. The second-order valence-electron chi connectivity index (χ2n) is 6.79. The second-order valence-corrected chi connectivity index (χ2v) is 6.79. The third-order valence-electron chi connectivity index (χ3n) is 4.40. The molecular weight excluding hydrogens is 418 g/mol. The van der Waals surface area contributed by atoms with E-state index in [0.717, 1.165) is 29.2 Å². The number of carbonyl (C=O) groups is 2. The van der Waals surface area contributed by atoms with Crippen LogP contribution in [0.5, 0.6) is 11.5 Å². The van der Waals surface area contributed by atoms with E-state index >= 15 is 0 Å². The molecule has 1 aliphatic heterocycles. The average Bonchev–Trinajstić information content (AvgIpc) is 3.64. The molecular formula is C23H27NO8. The molecule has 1 fully saturated rings. The van der Waals surface area contributed by atoms with Gasteiger partial charge in [0.1, 0.15) is 30.8 Å². The van der Waals surface area contributed by atoms with E-state index in [9.17, 15) is 9.59 Å². The molecule has 1 heterocycles. The summed E-state index contributed by atoms with van der Waals surface area (Å²) < 4.78 is 31.9. The molecule has 1 aliphatic rings. The Morgan fingerprint density at radius 1 is 1.00 bits per heavy atom. The van der Waals surface area contributed by atoms with Gasteiger partial charge in [-0.05, 0) is 12.1 Å². The molecule has 32 heavy (non-hydrogen) atoms. The number of nitrogens with one attached hydrogen (secondary N) is 1. The zero-order valence-corrected chi connectivity index (χ0v) is 17.7. The summed E-state index contributed by atoms with van der Waals surface area (Å²) in [7, 11) is 0. The zero-order valence-electron chi connectivity index (χ0n) is 17.7. The molecule has 0 radical (unpaired) electrons. The Labute approximate surface area is 186 Å². The molecule has 0 bridgehead atoms. The Morgan fingerprint density at radius 3 is 2.38 bits per heavy atom. The largest absolute Gasteiger partial charge is 0.490 e. The van der Waals surface area contributed by atoms with Gasteiger partial charge < -0.3 is 33.7 Å². The summed E-state index contributed by atoms with van der Waals surface area (Å²) in [6, 6.07) is 11.1. The van der Waals surface area contributed by atoms with E-state index in [4.69, 9.17) is 28.4 Å². The van der Waals surface area contributed by atoms with E-state index < -0.39 is 12.1 Å². The number of amides is 1. The minimum Gasteiger partial charge on any atom is -0.490 e. The van der Waals surface area contributed by atoms with Crippen molar-refractivity contribution in [3.63, 3.8) is 0 Å². The van der Waals surface area contributed by atoms with Crippen molar-refractivity contribution in [2.24, 2.45) is 0 Å². The predicted molar refractivity (Wildman–Crippen MR) is 116 cm³/mol. The lowest BCUT2D eigenvalue weighted by atomic mass is 10.1. The molecule has 0 spiro atoms. The number of fused-ring (bicyclic) bond motifs is 1. The van der Waals surface area contributed by atoms with Gasteiger partial charge in [0.2, 0.25) is 0 Å². The van der Waals surface area contributed by atoms with Crippen molar-refractivity contribution in [2.75, 3.05) is 52.8 Å². The number of hydrogen-bond donors (Lipinski definition) is 1. The molecule has 1 amide bonds. The van der Waals surface area contributed by atoms with Crippen LogP contribution in [0.25, 0.3) is 10.8 Å². The summed E-state index contributed by atoms with van der Waals surface area (Å²) >= 11 is 0. The predicted octanol–water partition coefficient (Wildman–Crippen LogP) is 2.47. The molecule has 3 rings (SSSR count). The van der Waals surface area contributed by atoms with Gasteiger partial charge >= 0.3 is 12.1 Å². The molecule has 172 valence electrons. The highest BCUT2D eigenvalue weighted by Gasteiger charge is 2.23. The maximum atomic E-state index is 12.1. The normalized spacial score (nSPS) is 14.6. The fraction of sp³-hybridized carbons (Fsp3) is 0.391. The zero-order chi connectivity index (χ0) is 22.6. The molecule has 9 heteroatoms. The fourth-order valence-electron chi connectivity index (χ4n) is 2.75. The highest BCUT2D eigenvalue weighted by Crippen LogP contribution is 2.33. The summed E-state index contributed by atoms with van der Waals surface area (Å²) in [6.07, 6.45) is 0.684. The van der Waals surface area contributed by atoms with E-state index in [1.165, 1.54) is 0 Å². The first-order chi connectivity index (χ1) is 15.7. The van der Waals surface area contributed by atoms with Gasteiger partial charge in [-0.15, -0.1) is 0 Å². The quantitative estimate of drug-likeness (QED) is 0.205. The Morgan fingerprint density at radius 2 is 1.66 bits per heavy atom. The van der Waals surface area contributed by atoms with Crippen molar-refractivity contribution in [1.82, 2.24) is 5.32 Å². The molecule has 0 aromatic heterocycles. The van der Waals surface area contributed by atoms with Crippen molar-refractivity contribution >= 4 is 22.8 Å². The van der Waals surface area contributed by atoms with Crippen LogP contribution in [0.1, 0.15) is 0 Å². The fourth-order valence-corrected chi connectivity index (χ4v) is 2.75. The molecule has 1 saturated heterocycles. The standard InChI is InChI=1S/C23H27NO8/c1-2-22(25)29-14-13-28-12-11-27-10-9-24-23(26)32-21-8-7-20(31-16-17-15-30-17)18-5-3-4-6-19(18)21/h2-8,17H,1,9-16H2,(H,24,26). The van der Waals surface area contributed by atoms with Gasteiger partial charge in [-0.2, -0.15) is 0 Å². The van der Waals surface area contributed by atoms with Crippen molar-refractivity contribution in [3.8, 4) is 11.5 Å². The summed E-state index contributed by atoms with van der Waals surface area (Å²) in [5.74, 6) is 0.682. The number of ether oxygens (including phenoxy) is 6. The van der Waals surface area contributed by atoms with Gasteiger partial charge in [0.25, 0.3) is 0 Å². The average molecular weight is 445 g/mol. The van der Waals surface area contributed by atoms with Gasteiger partial charge in [-0.3, -0.25) is 0 Å². The summed E-state index contributed by atoms with van der Waals surface area (Å²) in [5.41, 5.74) is 0. The highest BCUT2D eigenvalue weighted by molar-refractivity contribution is 5.94. The van der Waals surface area contributed by atoms with Crippen LogP contribution < -0.4 is 14.8 Å². The number of hydrogen-bond acceptors (Lipinski definition) is 8. The SMILES string of the molecule is C=CC(=O)OCCOCCOCCNC(=O)Oc1ccc(OCC2CO2)c2ccccc12. The van der Waals surface area contributed by atoms with Crippen LogP contribution in [0.15, 0.2) is 49.1 Å². The molecule has 2 aromatic carbocycles. The lowest BCUT2D eigenvalue weighted by molar-refractivity contribution is -0.139. The number of rotatable bonds is 14. The number of carbonyl (C=O) groups excluding carboxylic acids is 2. The van der Waals surface area contributed by atoms with Gasteiger partial charge in [0.15, 0.2) is 0 Å². The van der Waals surface area contributed by atoms with Crippen molar-refractivity contribution < 1.29 is 38.0 Å². The van der Waals surface area contributed by atoms with Gasteiger partial charge in [0.05, 0.1) is 33.0 Å². The molecule has 0 aliphatic carbocycles. The minimum absolute atomic E-state index is 0.159. The Kier molecular flexibility index (Phi) is 9.30. The van der Waals surface area contributed by atoms with E-state index in [1.807, 2.05) is 24.3 Å². The molecule has 1 unspecified atom stereocenters. The molecule has 1 atom stereocenters. The van der Waals surface area contributed by atoms with Crippen LogP contribution in [0, 0.1) is 0 Å². The van der Waals surface area contributed by atoms with E-state index in [1.54, 1.807) is 12.1 Å². The molecule has 1 N–H and O–H groups in total. The minimum atomic E-state index is -0.570. The van der Waals surface area contributed by atoms with Crippen molar-refractivity contribution in [1.29, 1.82) is 0 Å². The number of benzene rings is 2.